The quantitative estimate of drug-likeness (QED) is 0.583. The third-order valence-corrected chi connectivity index (χ3v) is 6.15. The summed E-state index contributed by atoms with van der Waals surface area (Å²) in [6, 6.07) is 0.676. The van der Waals surface area contributed by atoms with Crippen LogP contribution in [0.3, 0.4) is 0 Å². The third-order valence-electron chi connectivity index (χ3n) is 4.63. The second-order valence-corrected chi connectivity index (χ2v) is 8.09. The van der Waals surface area contributed by atoms with E-state index in [-0.39, 0.29) is 0 Å². The topological polar surface area (TPSA) is 39.7 Å². The first-order valence-electron chi connectivity index (χ1n) is 8.57. The van der Waals surface area contributed by atoms with E-state index < -0.39 is 0 Å². The Bertz CT molecular complexity index is 339. The molecule has 2 heterocycles. The molecular formula is C16H32N4S. The lowest BCUT2D eigenvalue weighted by atomic mass is 10.1. The van der Waals surface area contributed by atoms with Crippen molar-refractivity contribution in [3.05, 3.63) is 0 Å². The summed E-state index contributed by atoms with van der Waals surface area (Å²) in [6.45, 7) is 12.0. The molecule has 0 aromatic rings. The number of nitrogens with zero attached hydrogens (tertiary/aromatic N) is 2. The second kappa shape index (κ2) is 8.28. The Kier molecular flexibility index (Phi) is 6.68. The first-order valence-corrected chi connectivity index (χ1v) is 9.55. The van der Waals surface area contributed by atoms with Crippen LogP contribution >= 0.6 is 11.8 Å². The van der Waals surface area contributed by atoms with Crippen LogP contribution in [-0.4, -0.2) is 60.1 Å². The van der Waals surface area contributed by atoms with Crippen molar-refractivity contribution in [1.29, 1.82) is 0 Å². The fourth-order valence-corrected chi connectivity index (χ4v) is 4.53. The van der Waals surface area contributed by atoms with Crippen molar-refractivity contribution >= 4 is 17.7 Å². The average Bonchev–Trinajstić information content (AvgIpc) is 3.11. The number of likely N-dealkylation sites (tertiary alicyclic amines) is 1. The van der Waals surface area contributed by atoms with E-state index in [0.717, 1.165) is 32.1 Å². The van der Waals surface area contributed by atoms with E-state index in [1.165, 1.54) is 38.0 Å². The maximum Gasteiger partial charge on any atom is 0.191 e. The number of guanidine groups is 1. The number of hydrogen-bond donors (Lipinski definition) is 2. The minimum Gasteiger partial charge on any atom is -0.357 e. The van der Waals surface area contributed by atoms with Gasteiger partial charge in [0.2, 0.25) is 0 Å². The normalized spacial score (nSPS) is 30.8. The van der Waals surface area contributed by atoms with E-state index in [2.05, 4.69) is 48.1 Å². The monoisotopic (exact) mass is 312 g/mol. The summed E-state index contributed by atoms with van der Waals surface area (Å²) in [5, 5.41) is 6.95. The molecule has 2 atom stereocenters. The molecule has 122 valence electrons. The van der Waals surface area contributed by atoms with Gasteiger partial charge in [-0.1, -0.05) is 6.92 Å². The van der Waals surface area contributed by atoms with Gasteiger partial charge in [-0.15, -0.1) is 0 Å². The Morgan fingerprint density at radius 3 is 2.86 bits per heavy atom. The van der Waals surface area contributed by atoms with Crippen LogP contribution in [0.2, 0.25) is 0 Å². The summed E-state index contributed by atoms with van der Waals surface area (Å²) >= 11 is 2.08. The van der Waals surface area contributed by atoms with Crippen molar-refractivity contribution < 1.29 is 0 Å². The minimum absolute atomic E-state index is 0.352. The zero-order valence-electron chi connectivity index (χ0n) is 14.0. The van der Waals surface area contributed by atoms with Gasteiger partial charge in [0.05, 0.1) is 6.54 Å². The summed E-state index contributed by atoms with van der Waals surface area (Å²) < 4.78 is 0.352. The van der Waals surface area contributed by atoms with Crippen LogP contribution in [0.5, 0.6) is 0 Å². The predicted octanol–water partition coefficient (Wildman–Crippen LogP) is 2.31. The molecule has 0 amide bonds. The molecule has 4 nitrogen and oxygen atoms in total. The minimum atomic E-state index is 0.352. The van der Waals surface area contributed by atoms with Gasteiger partial charge in [-0.25, -0.2) is 0 Å². The van der Waals surface area contributed by atoms with Gasteiger partial charge >= 0.3 is 0 Å². The van der Waals surface area contributed by atoms with Gasteiger partial charge in [-0.2, -0.15) is 11.8 Å². The number of likely N-dealkylation sites (N-methyl/N-ethyl adjacent to an activating group) is 1. The number of nitrogens with one attached hydrogen (secondary N) is 2. The molecule has 21 heavy (non-hydrogen) atoms. The van der Waals surface area contributed by atoms with Crippen molar-refractivity contribution in [1.82, 2.24) is 15.5 Å². The first kappa shape index (κ1) is 16.9. The summed E-state index contributed by atoms with van der Waals surface area (Å²) in [6.07, 6.45) is 5.29. The number of aliphatic imine (C=N–C) groups is 1. The molecule has 0 aromatic heterocycles. The van der Waals surface area contributed by atoms with E-state index in [1.807, 2.05) is 0 Å². The predicted molar refractivity (Wildman–Crippen MR) is 94.3 cm³/mol. The lowest BCUT2D eigenvalue weighted by Gasteiger charge is -2.25. The molecular weight excluding hydrogens is 280 g/mol. The standard InChI is InChI=1S/C16H32N4S/c1-4-17-15(19-13-16(3)9-7-11-21-16)18-12-14-8-6-10-20(14)5-2/h14H,4-13H2,1-3H3,(H2,17,18,19). The lowest BCUT2D eigenvalue weighted by molar-refractivity contribution is 0.267. The van der Waals surface area contributed by atoms with Crippen LogP contribution in [0.1, 0.15) is 46.5 Å². The molecule has 2 aliphatic heterocycles. The fraction of sp³-hybridized carbons (Fsp3) is 0.938. The number of thioether (sulfide) groups is 1. The fourth-order valence-electron chi connectivity index (χ4n) is 3.31. The summed E-state index contributed by atoms with van der Waals surface area (Å²) in [4.78, 5) is 7.41. The largest absolute Gasteiger partial charge is 0.357 e. The zero-order chi connectivity index (χ0) is 15.1. The van der Waals surface area contributed by atoms with Crippen molar-refractivity contribution in [3.8, 4) is 0 Å². The molecule has 2 rings (SSSR count). The van der Waals surface area contributed by atoms with Crippen molar-refractivity contribution in [2.24, 2.45) is 4.99 Å². The van der Waals surface area contributed by atoms with Crippen LogP contribution < -0.4 is 10.6 Å². The Morgan fingerprint density at radius 2 is 2.19 bits per heavy atom. The van der Waals surface area contributed by atoms with Crippen LogP contribution in [0, 0.1) is 0 Å². The highest BCUT2D eigenvalue weighted by Crippen LogP contribution is 2.37. The van der Waals surface area contributed by atoms with Gasteiger partial charge in [-0.05, 0) is 58.4 Å². The molecule has 2 unspecified atom stereocenters. The molecule has 2 saturated heterocycles. The van der Waals surface area contributed by atoms with Gasteiger partial charge in [0.1, 0.15) is 0 Å². The maximum atomic E-state index is 4.83. The van der Waals surface area contributed by atoms with E-state index in [1.54, 1.807) is 0 Å². The third kappa shape index (κ3) is 5.06. The Morgan fingerprint density at radius 1 is 1.33 bits per heavy atom. The smallest absolute Gasteiger partial charge is 0.191 e. The first-order chi connectivity index (χ1) is 10.2. The SMILES string of the molecule is CCNC(=NCC1(C)CCCS1)NCC1CCCN1CC. The van der Waals surface area contributed by atoms with Crippen molar-refractivity contribution in [2.75, 3.05) is 38.5 Å². The highest BCUT2D eigenvalue weighted by atomic mass is 32.2. The zero-order valence-corrected chi connectivity index (χ0v) is 14.8. The number of rotatable bonds is 6. The molecule has 2 aliphatic rings. The Hall–Kier alpha value is -0.420. The van der Waals surface area contributed by atoms with Crippen LogP contribution in [0.25, 0.3) is 0 Å². The van der Waals surface area contributed by atoms with Gasteiger partial charge in [0.25, 0.3) is 0 Å². The highest BCUT2D eigenvalue weighted by Gasteiger charge is 2.29. The van der Waals surface area contributed by atoms with E-state index in [4.69, 9.17) is 4.99 Å². The second-order valence-electron chi connectivity index (χ2n) is 6.40. The molecule has 2 fully saturated rings. The molecule has 0 bridgehead atoms. The van der Waals surface area contributed by atoms with E-state index in [9.17, 15) is 0 Å². The molecule has 0 aliphatic carbocycles. The maximum absolute atomic E-state index is 4.83. The van der Waals surface area contributed by atoms with E-state index in [0.29, 0.717) is 10.8 Å². The van der Waals surface area contributed by atoms with Gasteiger partial charge < -0.3 is 10.6 Å². The van der Waals surface area contributed by atoms with Gasteiger partial charge in [-0.3, -0.25) is 9.89 Å². The molecule has 2 N–H and O–H groups in total. The van der Waals surface area contributed by atoms with Gasteiger partial charge in [0.15, 0.2) is 5.96 Å². The Balaban J connectivity index is 1.83. The highest BCUT2D eigenvalue weighted by molar-refractivity contribution is 8.00. The molecule has 0 radical (unpaired) electrons. The van der Waals surface area contributed by atoms with Crippen LogP contribution in [-0.2, 0) is 0 Å². The van der Waals surface area contributed by atoms with Crippen LogP contribution in [0.15, 0.2) is 4.99 Å². The molecule has 0 saturated carbocycles. The van der Waals surface area contributed by atoms with Crippen molar-refractivity contribution in [3.63, 3.8) is 0 Å². The lowest BCUT2D eigenvalue weighted by Crippen LogP contribution is -2.45. The molecule has 0 spiro atoms. The van der Waals surface area contributed by atoms with Gasteiger partial charge in [0, 0.05) is 23.9 Å². The number of hydrogen-bond acceptors (Lipinski definition) is 3. The average molecular weight is 313 g/mol. The molecule has 5 heteroatoms. The summed E-state index contributed by atoms with van der Waals surface area (Å²) in [7, 11) is 0. The summed E-state index contributed by atoms with van der Waals surface area (Å²) in [5.41, 5.74) is 0. The Labute approximate surface area is 134 Å². The van der Waals surface area contributed by atoms with E-state index >= 15 is 0 Å². The summed E-state index contributed by atoms with van der Waals surface area (Å²) in [5.74, 6) is 2.29. The van der Waals surface area contributed by atoms with Crippen molar-refractivity contribution in [2.45, 2.75) is 57.2 Å². The van der Waals surface area contributed by atoms with Crippen LogP contribution in [0.4, 0.5) is 0 Å². The molecule has 0 aromatic carbocycles.